The fourth-order valence-electron chi connectivity index (χ4n) is 4.39. The summed E-state index contributed by atoms with van der Waals surface area (Å²) in [6.45, 7) is 1.90. The number of esters is 1. The largest absolute Gasteiger partial charge is 0.496 e. The molecule has 1 heterocycles. The highest BCUT2D eigenvalue weighted by molar-refractivity contribution is 6.04. The summed E-state index contributed by atoms with van der Waals surface area (Å²) in [6, 6.07) is 17.2. The quantitative estimate of drug-likeness (QED) is 0.739. The first-order valence-corrected chi connectivity index (χ1v) is 10.3. The Morgan fingerprint density at radius 2 is 1.81 bits per heavy atom. The van der Waals surface area contributed by atoms with Crippen LogP contribution in [0, 0.1) is 0 Å². The number of nitrogens with two attached hydrogens (primary N) is 1. The molecule has 1 aliphatic carbocycles. The third-order valence-corrected chi connectivity index (χ3v) is 5.76. The van der Waals surface area contributed by atoms with Gasteiger partial charge in [-0.15, -0.1) is 0 Å². The van der Waals surface area contributed by atoms with E-state index in [1.807, 2.05) is 48.5 Å². The number of benzene rings is 2. The Labute approximate surface area is 181 Å². The van der Waals surface area contributed by atoms with E-state index in [9.17, 15) is 9.59 Å². The van der Waals surface area contributed by atoms with Crippen molar-refractivity contribution in [3.63, 3.8) is 0 Å². The van der Waals surface area contributed by atoms with Crippen LogP contribution in [0.4, 0.5) is 0 Å². The highest BCUT2D eigenvalue weighted by atomic mass is 16.5. The van der Waals surface area contributed by atoms with Gasteiger partial charge in [0.1, 0.15) is 17.1 Å². The van der Waals surface area contributed by atoms with Crippen LogP contribution in [-0.4, -0.2) is 25.5 Å². The van der Waals surface area contributed by atoms with Gasteiger partial charge in [-0.25, -0.2) is 4.79 Å². The molecular formula is C25H25NO5. The highest BCUT2D eigenvalue weighted by Gasteiger charge is 2.44. The lowest BCUT2D eigenvalue weighted by Gasteiger charge is -2.35. The van der Waals surface area contributed by atoms with Crippen molar-refractivity contribution in [3.05, 3.63) is 88.5 Å². The molecule has 2 atom stereocenters. The summed E-state index contributed by atoms with van der Waals surface area (Å²) in [5, 5.41) is 0. The van der Waals surface area contributed by atoms with Crippen LogP contribution in [0.2, 0.25) is 0 Å². The second-order valence-electron chi connectivity index (χ2n) is 7.55. The minimum absolute atomic E-state index is 0.0114. The van der Waals surface area contributed by atoms with Crippen molar-refractivity contribution in [2.24, 2.45) is 5.73 Å². The van der Waals surface area contributed by atoms with Crippen LogP contribution in [-0.2, 0) is 19.1 Å². The van der Waals surface area contributed by atoms with Crippen LogP contribution in [0.15, 0.2) is 77.4 Å². The van der Waals surface area contributed by atoms with E-state index >= 15 is 0 Å². The van der Waals surface area contributed by atoms with Gasteiger partial charge in [-0.3, -0.25) is 4.79 Å². The SMILES string of the molecule is CCOC(=O)C1=C(N)OC2=C(C(=O)C[C@@H](c3ccccc3)C2)[C@@H]1c1ccccc1OC. The van der Waals surface area contributed by atoms with E-state index in [-0.39, 0.29) is 29.8 Å². The molecule has 6 nitrogen and oxygen atoms in total. The Bertz CT molecular complexity index is 1070. The molecule has 2 aromatic carbocycles. The predicted octanol–water partition coefficient (Wildman–Crippen LogP) is 3.94. The second-order valence-corrected chi connectivity index (χ2v) is 7.55. The topological polar surface area (TPSA) is 87.9 Å². The molecule has 2 aliphatic rings. The van der Waals surface area contributed by atoms with Crippen LogP contribution in [0.25, 0.3) is 0 Å². The molecule has 6 heteroatoms. The Kier molecular flexibility index (Phi) is 5.80. The van der Waals surface area contributed by atoms with Crippen LogP contribution < -0.4 is 10.5 Å². The van der Waals surface area contributed by atoms with Crippen molar-refractivity contribution in [2.75, 3.05) is 13.7 Å². The molecule has 0 radical (unpaired) electrons. The molecule has 0 spiro atoms. The lowest BCUT2D eigenvalue weighted by atomic mass is 9.73. The number of carbonyl (C=O) groups excluding carboxylic acids is 2. The standard InChI is InChI=1S/C25H25NO5/c1-3-30-25(28)23-21(17-11-7-8-12-19(17)29-2)22-18(27)13-16(14-20(22)31-24(23)26)15-9-5-4-6-10-15/h4-12,16,21H,3,13-14,26H2,1-2H3/t16-,21+/m1/s1. The lowest BCUT2D eigenvalue weighted by molar-refractivity contribution is -0.139. The summed E-state index contributed by atoms with van der Waals surface area (Å²) in [5.41, 5.74) is 8.57. The van der Waals surface area contributed by atoms with Crippen molar-refractivity contribution >= 4 is 11.8 Å². The molecule has 0 saturated heterocycles. The zero-order chi connectivity index (χ0) is 22.0. The first-order chi connectivity index (χ1) is 15.0. The molecule has 0 fully saturated rings. The van der Waals surface area contributed by atoms with Crippen LogP contribution in [0.3, 0.4) is 0 Å². The Hall–Kier alpha value is -3.54. The summed E-state index contributed by atoms with van der Waals surface area (Å²) in [7, 11) is 1.55. The third kappa shape index (κ3) is 3.81. The molecule has 160 valence electrons. The molecule has 2 N–H and O–H groups in total. The highest BCUT2D eigenvalue weighted by Crippen LogP contribution is 2.48. The van der Waals surface area contributed by atoms with Crippen molar-refractivity contribution in [1.82, 2.24) is 0 Å². The number of methoxy groups -OCH3 is 1. The zero-order valence-corrected chi connectivity index (χ0v) is 17.6. The lowest BCUT2D eigenvalue weighted by Crippen LogP contribution is -2.33. The zero-order valence-electron chi connectivity index (χ0n) is 17.6. The number of allylic oxidation sites excluding steroid dienone is 2. The van der Waals surface area contributed by atoms with E-state index < -0.39 is 11.9 Å². The van der Waals surface area contributed by atoms with Gasteiger partial charge in [0.15, 0.2) is 5.78 Å². The summed E-state index contributed by atoms with van der Waals surface area (Å²) in [4.78, 5) is 26.3. The van der Waals surface area contributed by atoms with Crippen molar-refractivity contribution in [1.29, 1.82) is 0 Å². The van der Waals surface area contributed by atoms with Gasteiger partial charge in [0.25, 0.3) is 0 Å². The van der Waals surface area contributed by atoms with Gasteiger partial charge in [0, 0.05) is 24.0 Å². The van der Waals surface area contributed by atoms with E-state index in [2.05, 4.69) is 0 Å². The average Bonchev–Trinajstić information content (AvgIpc) is 2.78. The third-order valence-electron chi connectivity index (χ3n) is 5.76. The summed E-state index contributed by atoms with van der Waals surface area (Å²) in [5.74, 6) is -0.346. The van der Waals surface area contributed by atoms with Gasteiger partial charge in [-0.1, -0.05) is 48.5 Å². The molecule has 0 bridgehead atoms. The average molecular weight is 419 g/mol. The summed E-state index contributed by atoms with van der Waals surface area (Å²) in [6.07, 6.45) is 0.849. The van der Waals surface area contributed by atoms with Gasteiger partial charge in [-0.05, 0) is 24.5 Å². The second kappa shape index (κ2) is 8.68. The number of para-hydroxylation sites is 1. The normalized spacial score (nSPS) is 20.8. The number of Topliss-reactive ketones (excluding diaryl/α,β-unsaturated/α-hetero) is 1. The molecule has 0 unspecified atom stereocenters. The number of hydrogen-bond donors (Lipinski definition) is 1. The van der Waals surface area contributed by atoms with Crippen molar-refractivity contribution in [3.8, 4) is 5.75 Å². The molecular weight excluding hydrogens is 394 g/mol. The van der Waals surface area contributed by atoms with Gasteiger partial charge >= 0.3 is 5.97 Å². The van der Waals surface area contributed by atoms with Crippen LogP contribution in [0.5, 0.6) is 5.75 Å². The van der Waals surface area contributed by atoms with Gasteiger partial charge < -0.3 is 19.9 Å². The van der Waals surface area contributed by atoms with Gasteiger partial charge in [-0.2, -0.15) is 0 Å². The monoisotopic (exact) mass is 419 g/mol. The number of carbonyl (C=O) groups is 2. The fourth-order valence-corrected chi connectivity index (χ4v) is 4.39. The maximum absolute atomic E-state index is 13.4. The first-order valence-electron chi connectivity index (χ1n) is 10.3. The smallest absolute Gasteiger partial charge is 0.340 e. The number of rotatable bonds is 5. The molecule has 0 aromatic heterocycles. The molecule has 1 aliphatic heterocycles. The van der Waals surface area contributed by atoms with Gasteiger partial charge in [0.2, 0.25) is 5.88 Å². The van der Waals surface area contributed by atoms with Crippen molar-refractivity contribution < 1.29 is 23.8 Å². The molecule has 31 heavy (non-hydrogen) atoms. The van der Waals surface area contributed by atoms with Gasteiger partial charge in [0.05, 0.1) is 19.6 Å². The molecule has 4 rings (SSSR count). The molecule has 2 aromatic rings. The van der Waals surface area contributed by atoms with Crippen molar-refractivity contribution in [2.45, 2.75) is 31.6 Å². The number of ketones is 1. The Morgan fingerprint density at radius 3 is 2.52 bits per heavy atom. The summed E-state index contributed by atoms with van der Waals surface area (Å²) >= 11 is 0. The van der Waals surface area contributed by atoms with E-state index in [1.54, 1.807) is 20.1 Å². The Balaban J connectivity index is 1.84. The van der Waals surface area contributed by atoms with Crippen LogP contribution >= 0.6 is 0 Å². The number of ether oxygens (including phenoxy) is 3. The van der Waals surface area contributed by atoms with E-state index in [0.717, 1.165) is 5.56 Å². The molecule has 0 amide bonds. The fraction of sp³-hybridized carbons (Fsp3) is 0.280. The number of hydrogen-bond acceptors (Lipinski definition) is 6. The predicted molar refractivity (Wildman–Crippen MR) is 115 cm³/mol. The minimum atomic E-state index is -0.705. The maximum atomic E-state index is 13.4. The van der Waals surface area contributed by atoms with E-state index in [4.69, 9.17) is 19.9 Å². The van der Waals surface area contributed by atoms with Crippen LogP contribution in [0.1, 0.15) is 42.7 Å². The summed E-state index contributed by atoms with van der Waals surface area (Å²) < 4.78 is 16.7. The van der Waals surface area contributed by atoms with E-state index in [0.29, 0.717) is 35.5 Å². The minimum Gasteiger partial charge on any atom is -0.496 e. The Morgan fingerprint density at radius 1 is 1.10 bits per heavy atom. The maximum Gasteiger partial charge on any atom is 0.340 e. The molecule has 0 saturated carbocycles. The first kappa shape index (κ1) is 20.7. The van der Waals surface area contributed by atoms with E-state index in [1.165, 1.54) is 0 Å².